The molecule has 0 atom stereocenters. The zero-order valence-corrected chi connectivity index (χ0v) is 7.93. The molecule has 0 aliphatic heterocycles. The Labute approximate surface area is 82.5 Å². The Morgan fingerprint density at radius 1 is 1.43 bits per heavy atom. The molecule has 3 heteroatoms. The summed E-state index contributed by atoms with van der Waals surface area (Å²) in [6, 6.07) is 6.34. The van der Waals surface area contributed by atoms with Gasteiger partial charge in [0.15, 0.2) is 0 Å². The van der Waals surface area contributed by atoms with Gasteiger partial charge >= 0.3 is 0 Å². The van der Waals surface area contributed by atoms with Gasteiger partial charge in [-0.05, 0) is 30.2 Å². The summed E-state index contributed by atoms with van der Waals surface area (Å²) >= 11 is 0. The molecule has 0 saturated carbocycles. The molecule has 1 aromatic carbocycles. The number of nitro benzene ring substituents is 1. The Balaban J connectivity index is 2.94. The fourth-order valence-corrected chi connectivity index (χ4v) is 1.09. The first-order valence-electron chi connectivity index (χ1n) is 4.21. The van der Waals surface area contributed by atoms with Crippen LogP contribution in [0.5, 0.6) is 0 Å². The van der Waals surface area contributed by atoms with Crippen LogP contribution in [0.25, 0.3) is 5.57 Å². The molecule has 0 N–H and O–H groups in total. The van der Waals surface area contributed by atoms with E-state index >= 15 is 0 Å². The largest absolute Gasteiger partial charge is 0.269 e. The number of hydrogen-bond acceptors (Lipinski definition) is 2. The van der Waals surface area contributed by atoms with Crippen molar-refractivity contribution in [2.75, 3.05) is 0 Å². The lowest BCUT2D eigenvalue weighted by Gasteiger charge is -1.98. The molecule has 1 rings (SSSR count). The fourth-order valence-electron chi connectivity index (χ4n) is 1.09. The summed E-state index contributed by atoms with van der Waals surface area (Å²) in [5.74, 6) is 0. The molecular weight excluding hydrogens is 178 g/mol. The molecule has 1 aromatic rings. The molecular formula is C11H11NO2. The van der Waals surface area contributed by atoms with Gasteiger partial charge in [-0.2, -0.15) is 0 Å². The van der Waals surface area contributed by atoms with Crippen LogP contribution in [0.1, 0.15) is 12.5 Å². The Morgan fingerprint density at radius 2 is 2.00 bits per heavy atom. The van der Waals surface area contributed by atoms with E-state index in [0.717, 1.165) is 11.1 Å². The van der Waals surface area contributed by atoms with Gasteiger partial charge in [-0.25, -0.2) is 0 Å². The highest BCUT2D eigenvalue weighted by Crippen LogP contribution is 2.18. The molecule has 0 unspecified atom stereocenters. The van der Waals surface area contributed by atoms with Gasteiger partial charge in [-0.15, -0.1) is 0 Å². The van der Waals surface area contributed by atoms with E-state index in [1.54, 1.807) is 12.1 Å². The number of allylic oxidation sites excluding steroid dienone is 3. The summed E-state index contributed by atoms with van der Waals surface area (Å²) < 4.78 is 0. The zero-order valence-electron chi connectivity index (χ0n) is 7.93. The van der Waals surface area contributed by atoms with Gasteiger partial charge in [-0.3, -0.25) is 10.1 Å². The number of nitrogens with zero attached hydrogens (tertiary/aromatic N) is 1. The highest BCUT2D eigenvalue weighted by atomic mass is 16.6. The maximum atomic E-state index is 10.4. The number of non-ortho nitro benzene ring substituents is 1. The quantitative estimate of drug-likeness (QED) is 0.416. The summed E-state index contributed by atoms with van der Waals surface area (Å²) in [6.45, 7) is 5.73. The average Bonchev–Trinajstić information content (AvgIpc) is 2.18. The summed E-state index contributed by atoms with van der Waals surface area (Å²) in [5, 5.41) is 10.4. The van der Waals surface area contributed by atoms with E-state index in [-0.39, 0.29) is 5.69 Å². The molecule has 0 aromatic heterocycles. The van der Waals surface area contributed by atoms with E-state index in [0.29, 0.717) is 0 Å². The molecule has 0 amide bonds. The SMILES string of the molecule is C=C(/C=C\C)c1ccc([N+](=O)[O-])cc1. The number of benzene rings is 1. The van der Waals surface area contributed by atoms with Crippen molar-refractivity contribution in [3.05, 3.63) is 58.7 Å². The number of nitro groups is 1. The molecule has 0 fully saturated rings. The van der Waals surface area contributed by atoms with Crippen LogP contribution >= 0.6 is 0 Å². The lowest BCUT2D eigenvalue weighted by atomic mass is 10.1. The van der Waals surface area contributed by atoms with Crippen LogP contribution < -0.4 is 0 Å². The maximum absolute atomic E-state index is 10.4. The molecule has 0 aliphatic carbocycles. The molecule has 0 radical (unpaired) electrons. The van der Waals surface area contributed by atoms with Gasteiger partial charge in [0.25, 0.3) is 5.69 Å². The van der Waals surface area contributed by atoms with Crippen LogP contribution in [0, 0.1) is 10.1 Å². The lowest BCUT2D eigenvalue weighted by molar-refractivity contribution is -0.384. The second-order valence-corrected chi connectivity index (χ2v) is 2.83. The maximum Gasteiger partial charge on any atom is 0.269 e. The smallest absolute Gasteiger partial charge is 0.258 e. The third-order valence-electron chi connectivity index (χ3n) is 1.82. The first-order valence-corrected chi connectivity index (χ1v) is 4.21. The molecule has 0 bridgehead atoms. The topological polar surface area (TPSA) is 43.1 Å². The fraction of sp³-hybridized carbons (Fsp3) is 0.0909. The Bertz CT molecular complexity index is 377. The average molecular weight is 189 g/mol. The first-order chi connectivity index (χ1) is 6.65. The molecule has 0 spiro atoms. The minimum Gasteiger partial charge on any atom is -0.258 e. The normalized spacial score (nSPS) is 10.4. The Kier molecular flexibility index (Phi) is 3.18. The highest BCUT2D eigenvalue weighted by molar-refractivity contribution is 5.72. The van der Waals surface area contributed by atoms with Crippen molar-refractivity contribution in [1.29, 1.82) is 0 Å². The van der Waals surface area contributed by atoms with Crippen LogP contribution in [-0.2, 0) is 0 Å². The summed E-state index contributed by atoms with van der Waals surface area (Å²) in [4.78, 5) is 9.96. The van der Waals surface area contributed by atoms with Crippen molar-refractivity contribution in [3.63, 3.8) is 0 Å². The van der Waals surface area contributed by atoms with Crippen molar-refractivity contribution >= 4 is 11.3 Å². The molecule has 72 valence electrons. The number of hydrogen-bond donors (Lipinski definition) is 0. The van der Waals surface area contributed by atoms with Crippen LogP contribution in [0.3, 0.4) is 0 Å². The third-order valence-corrected chi connectivity index (χ3v) is 1.82. The van der Waals surface area contributed by atoms with E-state index in [4.69, 9.17) is 0 Å². The van der Waals surface area contributed by atoms with Gasteiger partial charge in [-0.1, -0.05) is 18.7 Å². The predicted octanol–water partition coefficient (Wildman–Crippen LogP) is 3.18. The van der Waals surface area contributed by atoms with E-state index < -0.39 is 4.92 Å². The van der Waals surface area contributed by atoms with E-state index in [1.165, 1.54) is 12.1 Å². The van der Waals surface area contributed by atoms with Crippen molar-refractivity contribution in [3.8, 4) is 0 Å². The van der Waals surface area contributed by atoms with Crippen molar-refractivity contribution in [2.45, 2.75) is 6.92 Å². The van der Waals surface area contributed by atoms with Gasteiger partial charge in [0.2, 0.25) is 0 Å². The van der Waals surface area contributed by atoms with Crippen LogP contribution in [0.2, 0.25) is 0 Å². The molecule has 0 saturated heterocycles. The minimum absolute atomic E-state index is 0.0991. The van der Waals surface area contributed by atoms with E-state index in [9.17, 15) is 10.1 Å². The van der Waals surface area contributed by atoms with Crippen LogP contribution in [0.15, 0.2) is 43.0 Å². The second kappa shape index (κ2) is 4.37. The second-order valence-electron chi connectivity index (χ2n) is 2.83. The number of rotatable bonds is 3. The summed E-state index contributed by atoms with van der Waals surface area (Å²) in [7, 11) is 0. The Morgan fingerprint density at radius 3 is 2.43 bits per heavy atom. The van der Waals surface area contributed by atoms with E-state index in [2.05, 4.69) is 6.58 Å². The van der Waals surface area contributed by atoms with Gasteiger partial charge in [0, 0.05) is 12.1 Å². The summed E-state index contributed by atoms with van der Waals surface area (Å²) in [5.41, 5.74) is 1.85. The zero-order chi connectivity index (χ0) is 10.6. The van der Waals surface area contributed by atoms with E-state index in [1.807, 2.05) is 19.1 Å². The minimum atomic E-state index is -0.414. The Hall–Kier alpha value is -1.90. The van der Waals surface area contributed by atoms with Crippen molar-refractivity contribution in [2.24, 2.45) is 0 Å². The molecule has 3 nitrogen and oxygen atoms in total. The lowest BCUT2D eigenvalue weighted by Crippen LogP contribution is -1.87. The van der Waals surface area contributed by atoms with Crippen molar-refractivity contribution < 1.29 is 4.92 Å². The predicted molar refractivity (Wildman–Crippen MR) is 56.9 cm³/mol. The first kappa shape index (κ1) is 10.2. The summed E-state index contributed by atoms with van der Waals surface area (Å²) in [6.07, 6.45) is 3.74. The molecule has 0 aliphatic rings. The molecule has 0 heterocycles. The van der Waals surface area contributed by atoms with Crippen LogP contribution in [0.4, 0.5) is 5.69 Å². The monoisotopic (exact) mass is 189 g/mol. The van der Waals surface area contributed by atoms with Crippen LogP contribution in [-0.4, -0.2) is 4.92 Å². The molecule has 14 heavy (non-hydrogen) atoms. The van der Waals surface area contributed by atoms with Gasteiger partial charge in [0.05, 0.1) is 4.92 Å². The standard InChI is InChI=1S/C11H11NO2/c1-3-4-9(2)10-5-7-11(8-6-10)12(13)14/h3-8H,2H2,1H3/b4-3-. The van der Waals surface area contributed by atoms with Crippen molar-refractivity contribution in [1.82, 2.24) is 0 Å². The van der Waals surface area contributed by atoms with Gasteiger partial charge in [0.1, 0.15) is 0 Å². The third kappa shape index (κ3) is 2.29. The van der Waals surface area contributed by atoms with Gasteiger partial charge < -0.3 is 0 Å². The highest BCUT2D eigenvalue weighted by Gasteiger charge is 2.03.